The van der Waals surface area contributed by atoms with Gasteiger partial charge < -0.3 is 4.52 Å². The quantitative estimate of drug-likeness (QED) is 0.689. The second kappa shape index (κ2) is 6.13. The van der Waals surface area contributed by atoms with Gasteiger partial charge in [-0.3, -0.25) is 4.90 Å². The highest BCUT2D eigenvalue weighted by molar-refractivity contribution is 5.62. The van der Waals surface area contributed by atoms with Crippen LogP contribution in [0.5, 0.6) is 0 Å². The third kappa shape index (κ3) is 2.61. The molecule has 3 aromatic rings. The maximum Gasteiger partial charge on any atom is 0.276 e. The molecule has 1 fully saturated rings. The molecule has 1 aliphatic rings. The lowest BCUT2D eigenvalue weighted by atomic mass is 10.1. The lowest BCUT2D eigenvalue weighted by molar-refractivity contribution is 0.339. The average molecular weight is 317 g/mol. The summed E-state index contributed by atoms with van der Waals surface area (Å²) in [6, 6.07) is 15.6. The van der Waals surface area contributed by atoms with E-state index in [4.69, 9.17) is 9.78 Å². The Labute approximate surface area is 139 Å². The van der Waals surface area contributed by atoms with Crippen molar-refractivity contribution in [3.05, 3.63) is 54.4 Å². The number of aromatic nitrogens is 3. The predicted molar refractivity (Wildman–Crippen MR) is 87.3 cm³/mol. The molecule has 0 radical (unpaired) electrons. The average Bonchev–Trinajstić information content (AvgIpc) is 3.31. The van der Waals surface area contributed by atoms with E-state index in [1.165, 1.54) is 0 Å². The molecule has 1 atom stereocenters. The fourth-order valence-electron chi connectivity index (χ4n) is 2.95. The molecule has 0 amide bonds. The van der Waals surface area contributed by atoms with E-state index in [9.17, 15) is 0 Å². The largest absolute Gasteiger partial charge is 0.332 e. The molecule has 3 heterocycles. The second-order valence-electron chi connectivity index (χ2n) is 5.68. The van der Waals surface area contributed by atoms with Crippen molar-refractivity contribution in [3.63, 3.8) is 0 Å². The molecule has 0 saturated carbocycles. The number of benzene rings is 1. The lowest BCUT2D eigenvalue weighted by Crippen LogP contribution is -2.17. The molecule has 0 aliphatic carbocycles. The van der Waals surface area contributed by atoms with Gasteiger partial charge in [-0.15, -0.1) is 0 Å². The summed E-state index contributed by atoms with van der Waals surface area (Å²) in [6.45, 7) is 0.743. The Morgan fingerprint density at radius 3 is 2.71 bits per heavy atom. The molecule has 6 nitrogen and oxygen atoms in total. The van der Waals surface area contributed by atoms with Gasteiger partial charge in [0.25, 0.3) is 5.89 Å². The molecule has 1 unspecified atom stereocenters. The van der Waals surface area contributed by atoms with E-state index in [1.54, 1.807) is 4.90 Å². The molecule has 1 saturated heterocycles. The molecule has 24 heavy (non-hydrogen) atoms. The van der Waals surface area contributed by atoms with Crippen LogP contribution in [-0.2, 0) is 0 Å². The van der Waals surface area contributed by atoms with Gasteiger partial charge in [-0.25, -0.2) is 4.98 Å². The SMILES string of the molecule is N#CN1CCCC1c1noc(-c2cccc(-c3ccccc3)n2)n1. The zero-order valence-corrected chi connectivity index (χ0v) is 13.0. The van der Waals surface area contributed by atoms with Crippen LogP contribution in [0.25, 0.3) is 22.8 Å². The summed E-state index contributed by atoms with van der Waals surface area (Å²) in [4.78, 5) is 10.8. The summed E-state index contributed by atoms with van der Waals surface area (Å²) in [5.41, 5.74) is 2.52. The van der Waals surface area contributed by atoms with E-state index >= 15 is 0 Å². The first-order valence-electron chi connectivity index (χ1n) is 7.88. The molecule has 2 aromatic heterocycles. The van der Waals surface area contributed by atoms with E-state index in [-0.39, 0.29) is 6.04 Å². The van der Waals surface area contributed by atoms with Gasteiger partial charge in [0, 0.05) is 12.1 Å². The summed E-state index contributed by atoms with van der Waals surface area (Å²) in [5, 5.41) is 13.2. The summed E-state index contributed by atoms with van der Waals surface area (Å²) < 4.78 is 5.39. The standard InChI is InChI=1S/C18H15N5O/c19-12-23-11-5-10-16(23)17-21-18(24-22-17)15-9-4-8-14(20-15)13-6-2-1-3-7-13/h1-4,6-9,16H,5,10-11H2. The molecule has 1 aromatic carbocycles. The fourth-order valence-corrected chi connectivity index (χ4v) is 2.95. The van der Waals surface area contributed by atoms with E-state index in [0.29, 0.717) is 17.4 Å². The van der Waals surface area contributed by atoms with Crippen LogP contribution in [0.15, 0.2) is 53.1 Å². The van der Waals surface area contributed by atoms with Crippen LogP contribution < -0.4 is 0 Å². The first-order chi connectivity index (χ1) is 11.8. The van der Waals surface area contributed by atoms with Crippen LogP contribution in [0.2, 0.25) is 0 Å². The van der Waals surface area contributed by atoms with Gasteiger partial charge in [0.05, 0.1) is 5.69 Å². The topological polar surface area (TPSA) is 78.8 Å². The van der Waals surface area contributed by atoms with Crippen molar-refractivity contribution in [2.24, 2.45) is 0 Å². The highest BCUT2D eigenvalue weighted by atomic mass is 16.5. The zero-order valence-electron chi connectivity index (χ0n) is 13.0. The smallest absolute Gasteiger partial charge is 0.276 e. The van der Waals surface area contributed by atoms with Crippen LogP contribution >= 0.6 is 0 Å². The molecule has 4 rings (SSSR count). The molecule has 0 bridgehead atoms. The molecular weight excluding hydrogens is 302 g/mol. The second-order valence-corrected chi connectivity index (χ2v) is 5.68. The van der Waals surface area contributed by atoms with Gasteiger partial charge in [0.2, 0.25) is 0 Å². The van der Waals surface area contributed by atoms with Gasteiger partial charge in [0.1, 0.15) is 11.7 Å². The van der Waals surface area contributed by atoms with Gasteiger partial charge in [0.15, 0.2) is 12.0 Å². The van der Waals surface area contributed by atoms with E-state index in [0.717, 1.165) is 30.6 Å². The van der Waals surface area contributed by atoms with Gasteiger partial charge in [-0.1, -0.05) is 41.6 Å². The Balaban J connectivity index is 1.65. The number of hydrogen-bond acceptors (Lipinski definition) is 6. The minimum Gasteiger partial charge on any atom is -0.332 e. The van der Waals surface area contributed by atoms with Crippen LogP contribution in [0.3, 0.4) is 0 Å². The first kappa shape index (κ1) is 14.4. The number of hydrogen-bond donors (Lipinski definition) is 0. The number of pyridine rings is 1. The highest BCUT2D eigenvalue weighted by Gasteiger charge is 2.29. The van der Waals surface area contributed by atoms with Crippen LogP contribution in [0, 0.1) is 11.5 Å². The van der Waals surface area contributed by atoms with Crippen LogP contribution in [0.4, 0.5) is 0 Å². The van der Waals surface area contributed by atoms with Gasteiger partial charge in [-0.2, -0.15) is 10.2 Å². The lowest BCUT2D eigenvalue weighted by Gasteiger charge is -2.13. The van der Waals surface area contributed by atoms with Crippen LogP contribution in [-0.4, -0.2) is 26.6 Å². The molecule has 1 aliphatic heterocycles. The zero-order chi connectivity index (χ0) is 16.4. The van der Waals surface area contributed by atoms with Crippen molar-refractivity contribution < 1.29 is 4.52 Å². The minimum atomic E-state index is -0.0928. The Morgan fingerprint density at radius 2 is 1.88 bits per heavy atom. The van der Waals surface area contributed by atoms with Crippen LogP contribution in [0.1, 0.15) is 24.7 Å². The Bertz CT molecular complexity index is 884. The molecule has 6 heteroatoms. The molecule has 0 N–H and O–H groups in total. The summed E-state index contributed by atoms with van der Waals surface area (Å²) >= 11 is 0. The van der Waals surface area contributed by atoms with Crippen molar-refractivity contribution >= 4 is 0 Å². The fraction of sp³-hybridized carbons (Fsp3) is 0.222. The van der Waals surface area contributed by atoms with Crippen molar-refractivity contribution in [1.82, 2.24) is 20.0 Å². The third-order valence-electron chi connectivity index (χ3n) is 4.16. The van der Waals surface area contributed by atoms with Crippen molar-refractivity contribution in [3.8, 4) is 29.0 Å². The van der Waals surface area contributed by atoms with Gasteiger partial charge in [-0.05, 0) is 25.0 Å². The number of nitriles is 1. The van der Waals surface area contributed by atoms with Crippen molar-refractivity contribution in [2.75, 3.05) is 6.54 Å². The van der Waals surface area contributed by atoms with Crippen molar-refractivity contribution in [2.45, 2.75) is 18.9 Å². The molecule has 0 spiro atoms. The Hall–Kier alpha value is -3.20. The van der Waals surface area contributed by atoms with Crippen molar-refractivity contribution in [1.29, 1.82) is 5.26 Å². The summed E-state index contributed by atoms with van der Waals surface area (Å²) in [6.07, 6.45) is 4.02. The first-order valence-corrected chi connectivity index (χ1v) is 7.88. The maximum absolute atomic E-state index is 9.16. The highest BCUT2D eigenvalue weighted by Crippen LogP contribution is 2.30. The van der Waals surface area contributed by atoms with E-state index in [2.05, 4.69) is 21.3 Å². The number of nitrogens with zero attached hydrogens (tertiary/aromatic N) is 5. The minimum absolute atomic E-state index is 0.0928. The van der Waals surface area contributed by atoms with E-state index < -0.39 is 0 Å². The Kier molecular flexibility index (Phi) is 3.67. The number of rotatable bonds is 3. The predicted octanol–water partition coefficient (Wildman–Crippen LogP) is 3.42. The monoisotopic (exact) mass is 317 g/mol. The molecular formula is C18H15N5O. The van der Waals surface area contributed by atoms with Gasteiger partial charge >= 0.3 is 0 Å². The third-order valence-corrected chi connectivity index (χ3v) is 4.16. The summed E-state index contributed by atoms with van der Waals surface area (Å²) in [5.74, 6) is 0.934. The number of likely N-dealkylation sites (tertiary alicyclic amines) is 1. The maximum atomic E-state index is 9.16. The van der Waals surface area contributed by atoms with E-state index in [1.807, 2.05) is 48.5 Å². The normalized spacial score (nSPS) is 17.0. The Morgan fingerprint density at radius 1 is 1.04 bits per heavy atom. The summed E-state index contributed by atoms with van der Waals surface area (Å²) in [7, 11) is 0. The molecule has 118 valence electrons.